The SMILES string of the molecule is Cc1cc(C(=O)O)nc(N(C)CCOc2ccccc2C(C)(C)C)n1. The lowest BCUT2D eigenvalue weighted by molar-refractivity contribution is 0.0690. The van der Waals surface area contributed by atoms with E-state index in [9.17, 15) is 4.79 Å². The van der Waals surface area contributed by atoms with Gasteiger partial charge in [0.05, 0.1) is 6.54 Å². The summed E-state index contributed by atoms with van der Waals surface area (Å²) in [5.41, 5.74) is 1.76. The molecule has 134 valence electrons. The van der Waals surface area contributed by atoms with Crippen LogP contribution >= 0.6 is 0 Å². The van der Waals surface area contributed by atoms with Crippen molar-refractivity contribution in [2.45, 2.75) is 33.1 Å². The predicted octanol–water partition coefficient (Wildman–Crippen LogP) is 3.30. The van der Waals surface area contributed by atoms with Crippen LogP contribution in [0, 0.1) is 6.92 Å². The van der Waals surface area contributed by atoms with E-state index in [4.69, 9.17) is 9.84 Å². The van der Waals surface area contributed by atoms with Crippen LogP contribution in [0.5, 0.6) is 5.75 Å². The first-order chi connectivity index (χ1) is 11.7. The zero-order valence-electron chi connectivity index (χ0n) is 15.4. The molecule has 1 aromatic carbocycles. The Hall–Kier alpha value is -2.63. The molecule has 0 fully saturated rings. The lowest BCUT2D eigenvalue weighted by Gasteiger charge is -2.23. The Bertz CT molecular complexity index is 754. The second kappa shape index (κ2) is 7.51. The minimum Gasteiger partial charge on any atom is -0.491 e. The fourth-order valence-corrected chi connectivity index (χ4v) is 2.44. The van der Waals surface area contributed by atoms with Gasteiger partial charge in [0.2, 0.25) is 5.95 Å². The van der Waals surface area contributed by atoms with Crippen molar-refractivity contribution in [2.75, 3.05) is 25.1 Å². The summed E-state index contributed by atoms with van der Waals surface area (Å²) in [6.45, 7) is 9.19. The predicted molar refractivity (Wildman–Crippen MR) is 97.6 cm³/mol. The molecule has 0 aliphatic rings. The fourth-order valence-electron chi connectivity index (χ4n) is 2.44. The van der Waals surface area contributed by atoms with Gasteiger partial charge in [0, 0.05) is 12.7 Å². The normalized spacial score (nSPS) is 11.2. The Morgan fingerprint density at radius 3 is 2.56 bits per heavy atom. The largest absolute Gasteiger partial charge is 0.491 e. The van der Waals surface area contributed by atoms with Crippen LogP contribution in [-0.2, 0) is 5.41 Å². The highest BCUT2D eigenvalue weighted by atomic mass is 16.5. The molecule has 0 aliphatic carbocycles. The number of carbonyl (C=O) groups is 1. The van der Waals surface area contributed by atoms with Crippen molar-refractivity contribution in [1.82, 2.24) is 9.97 Å². The topological polar surface area (TPSA) is 75.5 Å². The number of para-hydroxylation sites is 1. The van der Waals surface area contributed by atoms with E-state index in [0.717, 1.165) is 11.3 Å². The molecule has 2 aromatic rings. The van der Waals surface area contributed by atoms with Crippen LogP contribution in [0.1, 0.15) is 42.5 Å². The maximum absolute atomic E-state index is 11.1. The second-order valence-electron chi connectivity index (χ2n) is 7.02. The summed E-state index contributed by atoms with van der Waals surface area (Å²) >= 11 is 0. The second-order valence-corrected chi connectivity index (χ2v) is 7.02. The number of aromatic carboxylic acids is 1. The molecule has 0 spiro atoms. The van der Waals surface area contributed by atoms with Crippen molar-refractivity contribution in [2.24, 2.45) is 0 Å². The first-order valence-corrected chi connectivity index (χ1v) is 8.21. The third-order valence-electron chi connectivity index (χ3n) is 3.78. The van der Waals surface area contributed by atoms with Gasteiger partial charge in [-0.05, 0) is 30.0 Å². The van der Waals surface area contributed by atoms with E-state index >= 15 is 0 Å². The van der Waals surface area contributed by atoms with Gasteiger partial charge in [-0.15, -0.1) is 0 Å². The van der Waals surface area contributed by atoms with Crippen molar-refractivity contribution < 1.29 is 14.6 Å². The molecular weight excluding hydrogens is 318 g/mol. The molecule has 6 heteroatoms. The van der Waals surface area contributed by atoms with Gasteiger partial charge in [-0.3, -0.25) is 0 Å². The number of aryl methyl sites for hydroxylation is 1. The van der Waals surface area contributed by atoms with E-state index in [1.165, 1.54) is 6.07 Å². The molecule has 0 atom stereocenters. The lowest BCUT2D eigenvalue weighted by Crippen LogP contribution is -2.27. The maximum Gasteiger partial charge on any atom is 0.354 e. The first kappa shape index (κ1) is 18.7. The molecular formula is C19H25N3O3. The minimum absolute atomic E-state index is 0.00145. The molecule has 1 heterocycles. The molecule has 0 unspecified atom stereocenters. The van der Waals surface area contributed by atoms with Crippen molar-refractivity contribution in [3.05, 3.63) is 47.3 Å². The van der Waals surface area contributed by atoms with Crippen molar-refractivity contribution in [3.8, 4) is 5.75 Å². The van der Waals surface area contributed by atoms with Crippen LogP contribution in [0.15, 0.2) is 30.3 Å². The van der Waals surface area contributed by atoms with Crippen LogP contribution in [0.2, 0.25) is 0 Å². The van der Waals surface area contributed by atoms with E-state index in [1.54, 1.807) is 11.8 Å². The summed E-state index contributed by atoms with van der Waals surface area (Å²) in [7, 11) is 1.82. The zero-order valence-corrected chi connectivity index (χ0v) is 15.4. The third-order valence-corrected chi connectivity index (χ3v) is 3.78. The molecule has 1 aromatic heterocycles. The van der Waals surface area contributed by atoms with Crippen molar-refractivity contribution in [3.63, 3.8) is 0 Å². The number of carboxylic acids is 1. The summed E-state index contributed by atoms with van der Waals surface area (Å²) in [5, 5.41) is 9.11. The fraction of sp³-hybridized carbons (Fsp3) is 0.421. The van der Waals surface area contributed by atoms with Gasteiger partial charge in [-0.2, -0.15) is 0 Å². The van der Waals surface area contributed by atoms with Gasteiger partial charge < -0.3 is 14.7 Å². The first-order valence-electron chi connectivity index (χ1n) is 8.21. The van der Waals surface area contributed by atoms with Gasteiger partial charge in [0.1, 0.15) is 12.4 Å². The Balaban J connectivity index is 2.05. The standard InChI is InChI=1S/C19H25N3O3/c1-13-12-15(17(23)24)21-18(20-13)22(5)10-11-25-16-9-7-6-8-14(16)19(2,3)4/h6-9,12H,10-11H2,1-5H3,(H,23,24). The van der Waals surface area contributed by atoms with E-state index in [2.05, 4.69) is 36.8 Å². The van der Waals surface area contributed by atoms with Crippen LogP contribution < -0.4 is 9.64 Å². The number of ether oxygens (including phenoxy) is 1. The molecule has 2 rings (SSSR count). The summed E-state index contributed by atoms with van der Waals surface area (Å²) in [6, 6.07) is 9.45. The molecule has 1 N–H and O–H groups in total. The number of anilines is 1. The number of likely N-dealkylation sites (N-methyl/N-ethyl adjacent to an activating group) is 1. The number of hydrogen-bond donors (Lipinski definition) is 1. The molecule has 0 saturated carbocycles. The molecule has 0 saturated heterocycles. The smallest absolute Gasteiger partial charge is 0.354 e. The lowest BCUT2D eigenvalue weighted by atomic mass is 9.86. The minimum atomic E-state index is -1.06. The summed E-state index contributed by atoms with van der Waals surface area (Å²) in [5.74, 6) is 0.181. The highest BCUT2D eigenvalue weighted by molar-refractivity contribution is 5.85. The molecule has 0 bridgehead atoms. The number of rotatable bonds is 6. The molecule has 0 aliphatic heterocycles. The van der Waals surface area contributed by atoms with Crippen LogP contribution in [-0.4, -0.2) is 41.2 Å². The Labute approximate surface area is 148 Å². The number of hydrogen-bond acceptors (Lipinski definition) is 5. The highest BCUT2D eigenvalue weighted by Gasteiger charge is 2.18. The average Bonchev–Trinajstić information content (AvgIpc) is 2.53. The van der Waals surface area contributed by atoms with Crippen molar-refractivity contribution >= 4 is 11.9 Å². The molecule has 6 nitrogen and oxygen atoms in total. The molecule has 0 radical (unpaired) electrons. The van der Waals surface area contributed by atoms with Gasteiger partial charge in [-0.25, -0.2) is 14.8 Å². The molecule has 0 amide bonds. The highest BCUT2D eigenvalue weighted by Crippen LogP contribution is 2.30. The van der Waals surface area contributed by atoms with Crippen LogP contribution in [0.3, 0.4) is 0 Å². The number of benzene rings is 1. The number of nitrogens with zero attached hydrogens (tertiary/aromatic N) is 3. The van der Waals surface area contributed by atoms with Gasteiger partial charge in [0.25, 0.3) is 0 Å². The van der Waals surface area contributed by atoms with Gasteiger partial charge >= 0.3 is 5.97 Å². The average molecular weight is 343 g/mol. The van der Waals surface area contributed by atoms with E-state index in [-0.39, 0.29) is 11.1 Å². The third kappa shape index (κ3) is 4.92. The van der Waals surface area contributed by atoms with E-state index < -0.39 is 5.97 Å². The Morgan fingerprint density at radius 1 is 1.24 bits per heavy atom. The Kier molecular flexibility index (Phi) is 5.62. The summed E-state index contributed by atoms with van der Waals surface area (Å²) < 4.78 is 5.95. The quantitative estimate of drug-likeness (QED) is 0.867. The van der Waals surface area contributed by atoms with Crippen LogP contribution in [0.4, 0.5) is 5.95 Å². The number of aromatic nitrogens is 2. The molecule has 25 heavy (non-hydrogen) atoms. The van der Waals surface area contributed by atoms with E-state index in [0.29, 0.717) is 24.8 Å². The van der Waals surface area contributed by atoms with Gasteiger partial charge in [-0.1, -0.05) is 39.0 Å². The summed E-state index contributed by atoms with van der Waals surface area (Å²) in [6.07, 6.45) is 0. The van der Waals surface area contributed by atoms with Gasteiger partial charge in [0.15, 0.2) is 5.69 Å². The van der Waals surface area contributed by atoms with Crippen molar-refractivity contribution in [1.29, 1.82) is 0 Å². The van der Waals surface area contributed by atoms with E-state index in [1.807, 2.05) is 25.2 Å². The Morgan fingerprint density at radius 2 is 1.92 bits per heavy atom. The summed E-state index contributed by atoms with van der Waals surface area (Å²) in [4.78, 5) is 21.3. The number of carboxylic acid groups (broad SMARTS) is 1. The monoisotopic (exact) mass is 343 g/mol. The zero-order chi connectivity index (χ0) is 18.6. The van der Waals surface area contributed by atoms with Crippen LogP contribution in [0.25, 0.3) is 0 Å². The maximum atomic E-state index is 11.1.